The van der Waals surface area contributed by atoms with Gasteiger partial charge in [0.25, 0.3) is 0 Å². The Balaban J connectivity index is 2.10. The molecule has 1 aliphatic rings. The number of esters is 1. The lowest BCUT2D eigenvalue weighted by Crippen LogP contribution is -2.26. The van der Waals surface area contributed by atoms with E-state index < -0.39 is 5.97 Å². The lowest BCUT2D eigenvalue weighted by atomic mass is 9.78. The number of thiazole rings is 1. The molecule has 2 heterocycles. The Morgan fingerprint density at radius 3 is 2.75 bits per heavy atom. The molecular weight excluding hydrogens is 330 g/mol. The Morgan fingerprint density at radius 1 is 1.38 bits per heavy atom. The van der Waals surface area contributed by atoms with Crippen LogP contribution < -0.4 is 10.4 Å². The Labute approximate surface area is 142 Å². The molecule has 0 saturated carbocycles. The van der Waals surface area contributed by atoms with Gasteiger partial charge in [-0.25, -0.2) is 14.3 Å². The van der Waals surface area contributed by atoms with E-state index in [-0.39, 0.29) is 29.2 Å². The van der Waals surface area contributed by atoms with Crippen LogP contribution in [-0.2, 0) is 18.3 Å². The van der Waals surface area contributed by atoms with Gasteiger partial charge in [-0.15, -0.1) is 0 Å². The van der Waals surface area contributed by atoms with Gasteiger partial charge in [0.15, 0.2) is 5.78 Å². The number of carbonyl (C=O) groups excluding carboxylic acids is 2. The average Bonchev–Trinajstić information content (AvgIpc) is 2.99. The minimum Gasteiger partial charge on any atom is -0.407 e. The molecule has 0 saturated heterocycles. The molecule has 24 heavy (non-hydrogen) atoms. The fourth-order valence-corrected chi connectivity index (χ4v) is 3.79. The normalized spacial score (nSPS) is 16.1. The van der Waals surface area contributed by atoms with E-state index in [0.717, 1.165) is 0 Å². The first-order valence-electron chi connectivity index (χ1n) is 7.74. The first-order valence-corrected chi connectivity index (χ1v) is 8.56. The lowest BCUT2D eigenvalue weighted by molar-refractivity contribution is -0.134. The number of hydrogen-bond donors (Lipinski definition) is 0. The summed E-state index contributed by atoms with van der Waals surface area (Å²) in [6, 6.07) is 0. The Hall–Kier alpha value is -2.22. The van der Waals surface area contributed by atoms with Gasteiger partial charge in [0.05, 0.1) is 16.8 Å². The zero-order valence-electron chi connectivity index (χ0n) is 14.1. The summed E-state index contributed by atoms with van der Waals surface area (Å²) in [6.07, 6.45) is 2.78. The van der Waals surface area contributed by atoms with Crippen LogP contribution in [-0.4, -0.2) is 25.9 Å². The van der Waals surface area contributed by atoms with Crippen molar-refractivity contribution in [3.63, 3.8) is 0 Å². The molecule has 0 bridgehead atoms. The predicted molar refractivity (Wildman–Crippen MR) is 89.0 cm³/mol. The van der Waals surface area contributed by atoms with E-state index in [0.29, 0.717) is 28.5 Å². The molecule has 0 amide bonds. The molecule has 0 N–H and O–H groups in total. The third-order valence-corrected chi connectivity index (χ3v) is 5.06. The van der Waals surface area contributed by atoms with Crippen molar-refractivity contribution in [3.05, 3.63) is 27.3 Å². The summed E-state index contributed by atoms with van der Waals surface area (Å²) < 4.78 is 7.81. The van der Waals surface area contributed by atoms with Crippen LogP contribution in [0, 0.1) is 5.41 Å². The SMILES string of the molecule is CCC(=O)Oc1cn(C)c(=O)n1-c1nc2c(s1)C(=O)CC(C)(C)C2. The van der Waals surface area contributed by atoms with E-state index in [1.807, 2.05) is 13.8 Å². The van der Waals surface area contributed by atoms with Crippen molar-refractivity contribution in [1.82, 2.24) is 14.1 Å². The lowest BCUT2D eigenvalue weighted by Gasteiger charge is -2.26. The van der Waals surface area contributed by atoms with Gasteiger partial charge in [-0.2, -0.15) is 0 Å². The molecule has 0 spiro atoms. The van der Waals surface area contributed by atoms with Gasteiger partial charge >= 0.3 is 11.7 Å². The number of rotatable bonds is 3. The number of Topliss-reactive ketones (excluding diaryl/α,β-unsaturated/α-hetero) is 1. The van der Waals surface area contributed by atoms with E-state index in [2.05, 4.69) is 4.98 Å². The van der Waals surface area contributed by atoms with Gasteiger partial charge in [-0.05, 0) is 11.8 Å². The number of ketones is 1. The Morgan fingerprint density at radius 2 is 2.08 bits per heavy atom. The highest BCUT2D eigenvalue weighted by molar-refractivity contribution is 7.16. The fraction of sp³-hybridized carbons (Fsp3) is 0.500. The summed E-state index contributed by atoms with van der Waals surface area (Å²) >= 11 is 1.17. The number of fused-ring (bicyclic) bond motifs is 1. The molecule has 2 aromatic rings. The number of carbonyl (C=O) groups is 2. The molecule has 0 atom stereocenters. The number of nitrogens with zero attached hydrogens (tertiary/aromatic N) is 3. The number of hydrogen-bond acceptors (Lipinski definition) is 6. The molecule has 3 rings (SSSR count). The summed E-state index contributed by atoms with van der Waals surface area (Å²) in [5.41, 5.74) is 0.195. The maximum absolute atomic E-state index is 12.4. The highest BCUT2D eigenvalue weighted by Gasteiger charge is 2.34. The summed E-state index contributed by atoms with van der Waals surface area (Å²) in [5, 5.41) is 0.357. The topological polar surface area (TPSA) is 83.2 Å². The van der Waals surface area contributed by atoms with Gasteiger partial charge in [-0.3, -0.25) is 14.2 Å². The standard InChI is InChI=1S/C16H19N3O4S/c1-5-12(21)23-11-8-18(4)15(22)19(11)14-17-9-6-16(2,3)7-10(20)13(9)24-14/h8H,5-7H2,1-4H3. The molecule has 2 aromatic heterocycles. The first kappa shape index (κ1) is 16.6. The summed E-state index contributed by atoms with van der Waals surface area (Å²) in [6.45, 7) is 5.72. The minimum atomic E-state index is -0.437. The van der Waals surface area contributed by atoms with E-state index in [9.17, 15) is 14.4 Å². The molecule has 0 unspecified atom stereocenters. The summed E-state index contributed by atoms with van der Waals surface area (Å²) in [5.74, 6) is -0.277. The van der Waals surface area contributed by atoms with Crippen LogP contribution in [0.2, 0.25) is 0 Å². The van der Waals surface area contributed by atoms with Crippen molar-refractivity contribution >= 4 is 23.1 Å². The second kappa shape index (κ2) is 5.70. The summed E-state index contributed by atoms with van der Waals surface area (Å²) in [4.78, 5) is 41.4. The van der Waals surface area contributed by atoms with Crippen LogP contribution in [0.1, 0.15) is 49.0 Å². The third-order valence-electron chi connectivity index (χ3n) is 3.94. The van der Waals surface area contributed by atoms with E-state index in [1.54, 1.807) is 14.0 Å². The summed E-state index contributed by atoms with van der Waals surface area (Å²) in [7, 11) is 1.57. The van der Waals surface area contributed by atoms with Crippen LogP contribution in [0.4, 0.5) is 0 Å². The Kier molecular flexibility index (Phi) is 3.95. The molecule has 0 aromatic carbocycles. The molecule has 128 valence electrons. The quantitative estimate of drug-likeness (QED) is 0.793. The van der Waals surface area contributed by atoms with Crippen molar-refractivity contribution in [2.24, 2.45) is 12.5 Å². The van der Waals surface area contributed by atoms with Gasteiger partial charge in [0, 0.05) is 19.9 Å². The number of imidazole rings is 1. The third kappa shape index (κ3) is 2.82. The molecular formula is C16H19N3O4S. The van der Waals surface area contributed by atoms with Crippen LogP contribution in [0.15, 0.2) is 11.0 Å². The maximum Gasteiger partial charge on any atom is 0.337 e. The van der Waals surface area contributed by atoms with Gasteiger partial charge < -0.3 is 4.74 Å². The van der Waals surface area contributed by atoms with Crippen molar-refractivity contribution in [1.29, 1.82) is 0 Å². The number of ether oxygens (including phenoxy) is 1. The fourth-order valence-electron chi connectivity index (χ4n) is 2.77. The first-order chi connectivity index (χ1) is 11.2. The predicted octanol–water partition coefficient (Wildman–Crippen LogP) is 2.10. The average molecular weight is 349 g/mol. The van der Waals surface area contributed by atoms with Crippen molar-refractivity contribution in [2.75, 3.05) is 0 Å². The molecule has 7 nitrogen and oxygen atoms in total. The van der Waals surface area contributed by atoms with Gasteiger partial charge in [0.2, 0.25) is 11.0 Å². The van der Waals surface area contributed by atoms with Crippen molar-refractivity contribution < 1.29 is 14.3 Å². The molecule has 0 radical (unpaired) electrons. The zero-order valence-corrected chi connectivity index (χ0v) is 14.9. The van der Waals surface area contributed by atoms with Crippen LogP contribution in [0.5, 0.6) is 5.88 Å². The highest BCUT2D eigenvalue weighted by atomic mass is 32.1. The molecule has 8 heteroatoms. The van der Waals surface area contributed by atoms with Crippen LogP contribution in [0.25, 0.3) is 5.13 Å². The second-order valence-corrected chi connectivity index (χ2v) is 7.71. The molecule has 0 fully saturated rings. The number of aryl methyl sites for hydroxylation is 1. The van der Waals surface area contributed by atoms with E-state index >= 15 is 0 Å². The largest absolute Gasteiger partial charge is 0.407 e. The smallest absolute Gasteiger partial charge is 0.337 e. The zero-order chi connectivity index (χ0) is 17.6. The maximum atomic E-state index is 12.4. The monoisotopic (exact) mass is 349 g/mol. The van der Waals surface area contributed by atoms with Crippen molar-refractivity contribution in [3.8, 4) is 11.0 Å². The van der Waals surface area contributed by atoms with Crippen LogP contribution in [0.3, 0.4) is 0 Å². The van der Waals surface area contributed by atoms with E-state index in [1.165, 1.54) is 26.7 Å². The van der Waals surface area contributed by atoms with Gasteiger partial charge in [-0.1, -0.05) is 32.1 Å². The van der Waals surface area contributed by atoms with Gasteiger partial charge in [0.1, 0.15) is 0 Å². The van der Waals surface area contributed by atoms with Crippen molar-refractivity contribution in [2.45, 2.75) is 40.0 Å². The van der Waals surface area contributed by atoms with Crippen LogP contribution >= 0.6 is 11.3 Å². The van der Waals surface area contributed by atoms with E-state index in [4.69, 9.17) is 4.74 Å². The Bertz CT molecular complexity index is 888. The minimum absolute atomic E-state index is 0.0427. The highest BCUT2D eigenvalue weighted by Crippen LogP contribution is 2.38. The molecule has 1 aliphatic carbocycles. The molecule has 0 aliphatic heterocycles. The second-order valence-electron chi connectivity index (χ2n) is 6.74. The number of aromatic nitrogens is 3.